The second-order valence-corrected chi connectivity index (χ2v) is 7.81. The predicted molar refractivity (Wildman–Crippen MR) is 110 cm³/mol. The first-order valence-corrected chi connectivity index (χ1v) is 9.85. The van der Waals surface area contributed by atoms with Crippen LogP contribution in [0, 0.1) is 18.6 Å². The van der Waals surface area contributed by atoms with Gasteiger partial charge in [0.15, 0.2) is 5.13 Å². The third-order valence-electron chi connectivity index (χ3n) is 4.44. The number of hydrogen-bond acceptors (Lipinski definition) is 4. The van der Waals surface area contributed by atoms with E-state index in [2.05, 4.69) is 9.97 Å². The number of rotatable bonds is 4. The maximum atomic E-state index is 14.3. The van der Waals surface area contributed by atoms with Crippen LogP contribution in [-0.2, 0) is 6.54 Å². The number of carbonyl (C=O) groups is 1. The van der Waals surface area contributed by atoms with Crippen molar-refractivity contribution in [1.82, 2.24) is 9.97 Å². The third-order valence-corrected chi connectivity index (χ3v) is 5.89. The van der Waals surface area contributed by atoms with Gasteiger partial charge >= 0.3 is 0 Å². The molecule has 1 amide bonds. The number of amides is 1. The highest BCUT2D eigenvalue weighted by Gasteiger charge is 2.25. The van der Waals surface area contributed by atoms with Crippen molar-refractivity contribution in [2.24, 2.45) is 0 Å². The van der Waals surface area contributed by atoms with Gasteiger partial charge in [-0.15, -0.1) is 0 Å². The Morgan fingerprint density at radius 1 is 1.21 bits per heavy atom. The van der Waals surface area contributed by atoms with Gasteiger partial charge in [-0.3, -0.25) is 14.7 Å². The standard InChI is InChI=1S/C21H14ClF2N3OS/c1-12-16(22)6-7-18-19(12)26-21(29-18)27(11-13-3-2-8-25-10-13)20(28)15-5-4-14(23)9-17(15)24/h2-10H,11H2,1H3. The molecule has 0 aliphatic carbocycles. The predicted octanol–water partition coefficient (Wildman–Crippen LogP) is 5.78. The Labute approximate surface area is 174 Å². The minimum atomic E-state index is -0.925. The van der Waals surface area contributed by atoms with Crippen molar-refractivity contribution in [3.63, 3.8) is 0 Å². The van der Waals surface area contributed by atoms with Crippen molar-refractivity contribution in [3.05, 3.63) is 88.2 Å². The topological polar surface area (TPSA) is 46.1 Å². The Hall–Kier alpha value is -2.90. The number of benzene rings is 2. The van der Waals surface area contributed by atoms with Gasteiger partial charge in [-0.05, 0) is 48.4 Å². The van der Waals surface area contributed by atoms with Crippen molar-refractivity contribution < 1.29 is 13.6 Å². The molecule has 0 saturated heterocycles. The zero-order chi connectivity index (χ0) is 20.5. The van der Waals surface area contributed by atoms with Crippen LogP contribution in [0.4, 0.5) is 13.9 Å². The lowest BCUT2D eigenvalue weighted by atomic mass is 10.1. The zero-order valence-electron chi connectivity index (χ0n) is 15.2. The lowest BCUT2D eigenvalue weighted by Crippen LogP contribution is -2.31. The van der Waals surface area contributed by atoms with Crippen LogP contribution in [0.1, 0.15) is 21.5 Å². The Balaban J connectivity index is 1.82. The molecule has 0 aliphatic rings. The van der Waals surface area contributed by atoms with Crippen LogP contribution < -0.4 is 4.90 Å². The smallest absolute Gasteiger partial charge is 0.263 e. The summed E-state index contributed by atoms with van der Waals surface area (Å²) in [6.45, 7) is 1.98. The number of halogens is 3. The number of anilines is 1. The second-order valence-electron chi connectivity index (χ2n) is 6.39. The molecule has 4 rings (SSSR count). The third kappa shape index (κ3) is 3.83. The molecule has 0 N–H and O–H groups in total. The van der Waals surface area contributed by atoms with Crippen LogP contribution in [0.25, 0.3) is 10.2 Å². The number of aromatic nitrogens is 2. The van der Waals surface area contributed by atoms with Gasteiger partial charge in [-0.2, -0.15) is 0 Å². The number of hydrogen-bond donors (Lipinski definition) is 0. The van der Waals surface area contributed by atoms with E-state index in [1.54, 1.807) is 24.5 Å². The van der Waals surface area contributed by atoms with Gasteiger partial charge in [0.1, 0.15) is 11.6 Å². The molecule has 0 unspecified atom stereocenters. The normalized spacial score (nSPS) is 11.0. The van der Waals surface area contributed by atoms with Crippen molar-refractivity contribution >= 4 is 44.2 Å². The minimum Gasteiger partial charge on any atom is -0.279 e. The van der Waals surface area contributed by atoms with Gasteiger partial charge < -0.3 is 0 Å². The fourth-order valence-corrected chi connectivity index (χ4v) is 4.09. The van der Waals surface area contributed by atoms with Gasteiger partial charge in [-0.1, -0.05) is 29.0 Å². The van der Waals surface area contributed by atoms with Crippen molar-refractivity contribution in [3.8, 4) is 0 Å². The van der Waals surface area contributed by atoms with E-state index in [-0.39, 0.29) is 12.1 Å². The first-order chi connectivity index (χ1) is 13.9. The molecule has 2 heterocycles. The summed E-state index contributed by atoms with van der Waals surface area (Å²) in [5.41, 5.74) is 2.00. The van der Waals surface area contributed by atoms with Crippen LogP contribution in [0.2, 0.25) is 5.02 Å². The maximum absolute atomic E-state index is 14.3. The summed E-state index contributed by atoms with van der Waals surface area (Å²) in [7, 11) is 0. The van der Waals surface area contributed by atoms with E-state index in [4.69, 9.17) is 11.6 Å². The molecule has 29 heavy (non-hydrogen) atoms. The van der Waals surface area contributed by atoms with E-state index in [0.29, 0.717) is 21.7 Å². The van der Waals surface area contributed by atoms with Gasteiger partial charge in [-0.25, -0.2) is 13.8 Å². The van der Waals surface area contributed by atoms with Gasteiger partial charge in [0, 0.05) is 23.5 Å². The molecule has 0 spiro atoms. The highest BCUT2D eigenvalue weighted by atomic mass is 35.5. The van der Waals surface area contributed by atoms with Gasteiger partial charge in [0.2, 0.25) is 0 Å². The molecule has 0 atom stereocenters. The quantitative estimate of drug-likeness (QED) is 0.413. The van der Waals surface area contributed by atoms with E-state index < -0.39 is 17.5 Å². The first-order valence-electron chi connectivity index (χ1n) is 8.65. The van der Waals surface area contributed by atoms with Gasteiger partial charge in [0.25, 0.3) is 5.91 Å². The van der Waals surface area contributed by atoms with Gasteiger partial charge in [0.05, 0.1) is 22.3 Å². The SMILES string of the molecule is Cc1c(Cl)ccc2sc(N(Cc3cccnc3)C(=O)c3ccc(F)cc3F)nc12. The van der Waals surface area contributed by atoms with Crippen molar-refractivity contribution in [2.75, 3.05) is 4.90 Å². The lowest BCUT2D eigenvalue weighted by Gasteiger charge is -2.20. The van der Waals surface area contributed by atoms with Crippen LogP contribution in [-0.4, -0.2) is 15.9 Å². The summed E-state index contributed by atoms with van der Waals surface area (Å²) < 4.78 is 28.5. The molecular formula is C21H14ClF2N3OS. The summed E-state index contributed by atoms with van der Waals surface area (Å²) in [5, 5.41) is 0.965. The molecule has 0 saturated carbocycles. The van der Waals surface area contributed by atoms with Crippen molar-refractivity contribution in [1.29, 1.82) is 0 Å². The van der Waals surface area contributed by atoms with Crippen LogP contribution in [0.15, 0.2) is 54.9 Å². The number of carbonyl (C=O) groups excluding carboxylic acids is 1. The molecule has 8 heteroatoms. The number of nitrogens with zero attached hydrogens (tertiary/aromatic N) is 3. The highest BCUT2D eigenvalue weighted by Crippen LogP contribution is 2.35. The van der Waals surface area contributed by atoms with Crippen LogP contribution in [0.3, 0.4) is 0 Å². The van der Waals surface area contributed by atoms with E-state index >= 15 is 0 Å². The van der Waals surface area contributed by atoms with E-state index in [0.717, 1.165) is 28.0 Å². The van der Waals surface area contributed by atoms with Crippen LogP contribution >= 0.6 is 22.9 Å². The molecule has 0 bridgehead atoms. The van der Waals surface area contributed by atoms with E-state index in [1.807, 2.05) is 19.1 Å². The number of fused-ring (bicyclic) bond motifs is 1. The molecule has 0 radical (unpaired) electrons. The number of aryl methyl sites for hydroxylation is 1. The molecule has 4 aromatic rings. The molecule has 2 aromatic heterocycles. The largest absolute Gasteiger partial charge is 0.279 e. The Bertz CT molecular complexity index is 1210. The summed E-state index contributed by atoms with van der Waals surface area (Å²) in [6.07, 6.45) is 3.25. The Morgan fingerprint density at radius 3 is 2.76 bits per heavy atom. The maximum Gasteiger partial charge on any atom is 0.263 e. The average Bonchev–Trinajstić information content (AvgIpc) is 3.14. The molecule has 0 aliphatic heterocycles. The summed E-state index contributed by atoms with van der Waals surface area (Å²) in [4.78, 5) is 23.2. The molecule has 2 aromatic carbocycles. The van der Waals surface area contributed by atoms with Crippen molar-refractivity contribution in [2.45, 2.75) is 13.5 Å². The average molecular weight is 430 g/mol. The number of pyridine rings is 1. The molecule has 4 nitrogen and oxygen atoms in total. The molecular weight excluding hydrogens is 416 g/mol. The molecule has 0 fully saturated rings. The lowest BCUT2D eigenvalue weighted by molar-refractivity contribution is 0.0981. The second kappa shape index (κ2) is 7.85. The Kier molecular flexibility index (Phi) is 5.25. The first kappa shape index (κ1) is 19.4. The Morgan fingerprint density at radius 2 is 2.03 bits per heavy atom. The fourth-order valence-electron chi connectivity index (χ4n) is 2.91. The zero-order valence-corrected chi connectivity index (χ0v) is 16.8. The summed E-state index contributed by atoms with van der Waals surface area (Å²) in [6, 6.07) is 10.0. The summed E-state index contributed by atoms with van der Waals surface area (Å²) >= 11 is 7.49. The monoisotopic (exact) mass is 429 g/mol. The van der Waals surface area contributed by atoms with E-state index in [1.165, 1.54) is 16.2 Å². The molecule has 146 valence electrons. The minimum absolute atomic E-state index is 0.135. The number of thiazole rings is 1. The fraction of sp³-hybridized carbons (Fsp3) is 0.0952. The van der Waals surface area contributed by atoms with E-state index in [9.17, 15) is 13.6 Å². The van der Waals surface area contributed by atoms with Crippen LogP contribution in [0.5, 0.6) is 0 Å². The highest BCUT2D eigenvalue weighted by molar-refractivity contribution is 7.22. The summed E-state index contributed by atoms with van der Waals surface area (Å²) in [5.74, 6) is -2.29.